The summed E-state index contributed by atoms with van der Waals surface area (Å²) in [6.45, 7) is 3.40. The Labute approximate surface area is 230 Å². The first-order valence-corrected chi connectivity index (χ1v) is 12.7. The maximum atomic E-state index is 13.1. The summed E-state index contributed by atoms with van der Waals surface area (Å²) in [5, 5.41) is 26.9. The lowest BCUT2D eigenvalue weighted by molar-refractivity contribution is -0.143. The van der Waals surface area contributed by atoms with Gasteiger partial charge in [0.25, 0.3) is 0 Å². The smallest absolute Gasteiger partial charge is 0.326 e. The van der Waals surface area contributed by atoms with Crippen LogP contribution in [0.3, 0.4) is 0 Å². The standard InChI is InChI=1S/C26H36N6O8/c1-13(2)22(28)25(38)31-17(7-9-20(27)33)23(36)30-18(8-10-21(34)35)24(37)32-19(26(39)40)11-14-12-29-16-6-4-3-5-15(14)16/h3-6,12-13,17-19,22,29H,7-11,28H2,1-2H3,(H2,27,33)(H,30,36)(H,31,38)(H,32,37)(H,34,35)(H,39,40). The molecular formula is C26H36N6O8. The molecule has 218 valence electrons. The number of para-hydroxylation sites is 1. The molecular weight excluding hydrogens is 524 g/mol. The van der Waals surface area contributed by atoms with Crippen molar-refractivity contribution in [3.8, 4) is 0 Å². The molecule has 14 nitrogen and oxygen atoms in total. The van der Waals surface area contributed by atoms with Gasteiger partial charge in [0, 0.05) is 36.4 Å². The molecule has 0 spiro atoms. The molecule has 14 heteroatoms. The Morgan fingerprint density at radius 1 is 0.850 bits per heavy atom. The summed E-state index contributed by atoms with van der Waals surface area (Å²) in [5.74, 6) is -6.07. The molecule has 1 aromatic carbocycles. The lowest BCUT2D eigenvalue weighted by Gasteiger charge is -2.25. The SMILES string of the molecule is CC(C)C(N)C(=O)NC(CCC(N)=O)C(=O)NC(CCC(=O)O)C(=O)NC(Cc1c[nH]c2ccccc12)C(=O)O. The van der Waals surface area contributed by atoms with E-state index in [9.17, 15) is 33.9 Å². The van der Waals surface area contributed by atoms with Gasteiger partial charge in [-0.25, -0.2) is 4.79 Å². The number of hydrogen-bond acceptors (Lipinski definition) is 7. The minimum atomic E-state index is -1.46. The highest BCUT2D eigenvalue weighted by molar-refractivity contribution is 5.95. The molecule has 1 aromatic heterocycles. The van der Waals surface area contributed by atoms with Crippen molar-refractivity contribution in [1.29, 1.82) is 0 Å². The Kier molecular flexibility index (Phi) is 11.6. The molecule has 0 radical (unpaired) electrons. The van der Waals surface area contributed by atoms with Gasteiger partial charge in [-0.2, -0.15) is 0 Å². The number of carboxylic acids is 2. The highest BCUT2D eigenvalue weighted by Crippen LogP contribution is 2.19. The van der Waals surface area contributed by atoms with Crippen molar-refractivity contribution < 1.29 is 39.0 Å². The number of aromatic amines is 1. The average molecular weight is 561 g/mol. The third kappa shape index (κ3) is 9.38. The van der Waals surface area contributed by atoms with Crippen LogP contribution in [0.2, 0.25) is 0 Å². The van der Waals surface area contributed by atoms with Gasteiger partial charge in [-0.05, 0) is 30.4 Å². The van der Waals surface area contributed by atoms with Crippen LogP contribution in [0, 0.1) is 5.92 Å². The fraction of sp³-hybridized carbons (Fsp3) is 0.462. The molecule has 4 atom stereocenters. The predicted octanol–water partition coefficient (Wildman–Crippen LogP) is -0.637. The van der Waals surface area contributed by atoms with Gasteiger partial charge < -0.3 is 42.6 Å². The predicted molar refractivity (Wildman–Crippen MR) is 144 cm³/mol. The number of hydrogen-bond donors (Lipinski definition) is 8. The van der Waals surface area contributed by atoms with Crippen LogP contribution in [0.5, 0.6) is 0 Å². The third-order valence-corrected chi connectivity index (χ3v) is 6.33. The van der Waals surface area contributed by atoms with E-state index in [-0.39, 0.29) is 31.6 Å². The number of fused-ring (bicyclic) bond motifs is 1. The molecule has 0 aliphatic carbocycles. The van der Waals surface area contributed by atoms with Gasteiger partial charge in [0.2, 0.25) is 23.6 Å². The molecule has 10 N–H and O–H groups in total. The number of H-pyrrole nitrogens is 1. The minimum Gasteiger partial charge on any atom is -0.481 e. The van der Waals surface area contributed by atoms with Crippen molar-refractivity contribution in [1.82, 2.24) is 20.9 Å². The zero-order valence-corrected chi connectivity index (χ0v) is 22.3. The summed E-state index contributed by atoms with van der Waals surface area (Å²) < 4.78 is 0. The van der Waals surface area contributed by atoms with E-state index >= 15 is 0 Å². The molecule has 0 aliphatic rings. The van der Waals surface area contributed by atoms with Gasteiger partial charge in [-0.1, -0.05) is 32.0 Å². The molecule has 0 bridgehead atoms. The van der Waals surface area contributed by atoms with Gasteiger partial charge in [0.1, 0.15) is 18.1 Å². The zero-order chi connectivity index (χ0) is 30.0. The number of nitrogens with one attached hydrogen (secondary N) is 4. The maximum absolute atomic E-state index is 13.1. The van der Waals surface area contributed by atoms with Crippen LogP contribution in [-0.2, 0) is 35.2 Å². The summed E-state index contributed by atoms with van der Waals surface area (Å²) in [6, 6.07) is 2.07. The van der Waals surface area contributed by atoms with Gasteiger partial charge in [0.05, 0.1) is 6.04 Å². The Balaban J connectivity index is 2.22. The number of benzene rings is 1. The van der Waals surface area contributed by atoms with E-state index in [2.05, 4.69) is 20.9 Å². The number of aromatic nitrogens is 1. The van der Waals surface area contributed by atoms with Crippen molar-refractivity contribution in [2.45, 2.75) is 70.1 Å². The molecule has 40 heavy (non-hydrogen) atoms. The van der Waals surface area contributed by atoms with E-state index in [1.165, 1.54) is 0 Å². The van der Waals surface area contributed by atoms with Crippen LogP contribution in [-0.4, -0.2) is 74.9 Å². The Morgan fingerprint density at radius 2 is 1.40 bits per heavy atom. The van der Waals surface area contributed by atoms with Crippen molar-refractivity contribution in [2.75, 3.05) is 0 Å². The lowest BCUT2D eigenvalue weighted by atomic mass is 10.0. The molecule has 0 aliphatic heterocycles. The first-order chi connectivity index (χ1) is 18.8. The fourth-order valence-electron chi connectivity index (χ4n) is 3.93. The van der Waals surface area contributed by atoms with E-state index < -0.39 is 66.2 Å². The maximum Gasteiger partial charge on any atom is 0.326 e. The van der Waals surface area contributed by atoms with Crippen LogP contribution < -0.4 is 27.4 Å². The molecule has 4 unspecified atom stereocenters. The van der Waals surface area contributed by atoms with Crippen molar-refractivity contribution >= 4 is 46.5 Å². The van der Waals surface area contributed by atoms with Crippen LogP contribution in [0.25, 0.3) is 10.9 Å². The summed E-state index contributed by atoms with van der Waals surface area (Å²) >= 11 is 0. The molecule has 2 aromatic rings. The van der Waals surface area contributed by atoms with E-state index in [1.807, 2.05) is 12.1 Å². The Morgan fingerprint density at radius 3 is 1.95 bits per heavy atom. The molecule has 0 saturated heterocycles. The largest absolute Gasteiger partial charge is 0.481 e. The van der Waals surface area contributed by atoms with Gasteiger partial charge in [-0.15, -0.1) is 0 Å². The molecule has 1 heterocycles. The summed E-state index contributed by atoms with van der Waals surface area (Å²) in [4.78, 5) is 76.3. The third-order valence-electron chi connectivity index (χ3n) is 6.33. The second kappa shape index (κ2) is 14.6. The van der Waals surface area contributed by atoms with E-state index in [0.717, 1.165) is 10.9 Å². The zero-order valence-electron chi connectivity index (χ0n) is 22.3. The topological polar surface area (TPSA) is 247 Å². The molecule has 0 fully saturated rings. The molecule has 4 amide bonds. The minimum absolute atomic E-state index is 0.0882. The van der Waals surface area contributed by atoms with Crippen LogP contribution in [0.1, 0.15) is 45.1 Å². The molecule has 0 saturated carbocycles. The normalized spacial score (nSPS) is 14.1. The highest BCUT2D eigenvalue weighted by atomic mass is 16.4. The van der Waals surface area contributed by atoms with Gasteiger partial charge in [0.15, 0.2) is 0 Å². The summed E-state index contributed by atoms with van der Waals surface area (Å²) in [7, 11) is 0. The monoisotopic (exact) mass is 560 g/mol. The van der Waals surface area contributed by atoms with Crippen molar-refractivity contribution in [2.24, 2.45) is 17.4 Å². The van der Waals surface area contributed by atoms with Gasteiger partial charge >= 0.3 is 11.9 Å². The van der Waals surface area contributed by atoms with E-state index in [4.69, 9.17) is 16.6 Å². The van der Waals surface area contributed by atoms with Gasteiger partial charge in [-0.3, -0.25) is 24.0 Å². The number of carbonyl (C=O) groups excluding carboxylic acids is 4. The number of rotatable bonds is 16. The number of primary amides is 1. The summed E-state index contributed by atoms with van der Waals surface area (Å²) in [5.41, 5.74) is 12.4. The molecule has 2 rings (SSSR count). The quantitative estimate of drug-likeness (QED) is 0.130. The first-order valence-electron chi connectivity index (χ1n) is 12.7. The number of carboxylic acid groups (broad SMARTS) is 2. The second-order valence-electron chi connectivity index (χ2n) is 9.79. The summed E-state index contributed by atoms with van der Waals surface area (Å²) in [6.07, 6.45) is 0.180. The number of carbonyl (C=O) groups is 6. The number of amides is 4. The van der Waals surface area contributed by atoms with Crippen molar-refractivity contribution in [3.63, 3.8) is 0 Å². The second-order valence-corrected chi connectivity index (χ2v) is 9.79. The Hall–Kier alpha value is -4.46. The Bertz CT molecular complexity index is 1240. The first kappa shape index (κ1) is 31.8. The number of aliphatic carboxylic acids is 2. The van der Waals surface area contributed by atoms with Crippen molar-refractivity contribution in [3.05, 3.63) is 36.0 Å². The van der Waals surface area contributed by atoms with E-state index in [0.29, 0.717) is 5.56 Å². The lowest BCUT2D eigenvalue weighted by Crippen LogP contribution is -2.57. The number of nitrogens with two attached hydrogens (primary N) is 2. The van der Waals surface area contributed by atoms with E-state index in [1.54, 1.807) is 32.2 Å². The average Bonchev–Trinajstić information content (AvgIpc) is 3.29. The fourth-order valence-corrected chi connectivity index (χ4v) is 3.93. The highest BCUT2D eigenvalue weighted by Gasteiger charge is 2.31. The van der Waals surface area contributed by atoms with Crippen LogP contribution >= 0.6 is 0 Å². The van der Waals surface area contributed by atoms with Crippen LogP contribution in [0.4, 0.5) is 0 Å². The van der Waals surface area contributed by atoms with Crippen LogP contribution in [0.15, 0.2) is 30.5 Å².